The molecular formula is C18H19NO4S. The van der Waals surface area contributed by atoms with Crippen LogP contribution in [0.3, 0.4) is 0 Å². The Morgan fingerprint density at radius 1 is 1.08 bits per heavy atom. The quantitative estimate of drug-likeness (QED) is 0.778. The molecular weight excluding hydrogens is 326 g/mol. The number of benzene rings is 2. The van der Waals surface area contributed by atoms with E-state index in [-0.39, 0.29) is 10.8 Å². The van der Waals surface area contributed by atoms with Crippen LogP contribution in [0.1, 0.15) is 28.4 Å². The lowest BCUT2D eigenvalue weighted by molar-refractivity contribution is 0.0698. The summed E-state index contributed by atoms with van der Waals surface area (Å²) in [5, 5.41) is 11.4. The summed E-state index contributed by atoms with van der Waals surface area (Å²) in [5.74, 6) is -0.559. The molecule has 6 heteroatoms. The molecule has 0 fully saturated rings. The minimum Gasteiger partial charge on any atom is -0.478 e. The van der Waals surface area contributed by atoms with Gasteiger partial charge >= 0.3 is 5.97 Å². The summed E-state index contributed by atoms with van der Waals surface area (Å²) < 4.78 is 5.34. The minimum atomic E-state index is -1.07. The monoisotopic (exact) mass is 345 g/mol. The van der Waals surface area contributed by atoms with Crippen molar-refractivity contribution in [3.8, 4) is 0 Å². The number of anilines is 1. The van der Waals surface area contributed by atoms with Crippen molar-refractivity contribution in [2.45, 2.75) is 19.3 Å². The van der Waals surface area contributed by atoms with Gasteiger partial charge in [0.25, 0.3) is 5.24 Å². The molecule has 0 aliphatic rings. The maximum atomic E-state index is 12.0. The number of rotatable bonds is 7. The second kappa shape index (κ2) is 9.10. The van der Waals surface area contributed by atoms with E-state index in [2.05, 4.69) is 5.32 Å². The van der Waals surface area contributed by atoms with Crippen molar-refractivity contribution in [1.82, 2.24) is 0 Å². The van der Waals surface area contributed by atoms with Gasteiger partial charge in [0.05, 0.1) is 17.9 Å². The Kier molecular flexibility index (Phi) is 6.84. The van der Waals surface area contributed by atoms with Crippen molar-refractivity contribution in [3.05, 3.63) is 65.2 Å². The molecule has 24 heavy (non-hydrogen) atoms. The molecule has 0 bridgehead atoms. The molecule has 126 valence electrons. The van der Waals surface area contributed by atoms with E-state index in [0.29, 0.717) is 24.7 Å². The smallest absolute Gasteiger partial charge is 0.337 e. The highest BCUT2D eigenvalue weighted by Gasteiger charge is 2.12. The average Bonchev–Trinajstić information content (AvgIpc) is 2.59. The van der Waals surface area contributed by atoms with Gasteiger partial charge in [-0.1, -0.05) is 48.2 Å². The summed E-state index contributed by atoms with van der Waals surface area (Å²) in [7, 11) is 0. The maximum Gasteiger partial charge on any atom is 0.337 e. The Morgan fingerprint density at radius 2 is 1.75 bits per heavy atom. The largest absolute Gasteiger partial charge is 0.478 e. The third-order valence-electron chi connectivity index (χ3n) is 3.26. The van der Waals surface area contributed by atoms with Crippen molar-refractivity contribution in [1.29, 1.82) is 0 Å². The summed E-state index contributed by atoms with van der Waals surface area (Å²) in [4.78, 5) is 23.1. The number of hydrogen-bond donors (Lipinski definition) is 2. The minimum absolute atomic E-state index is 0.0757. The van der Waals surface area contributed by atoms with Gasteiger partial charge in [-0.25, -0.2) is 4.79 Å². The molecule has 1 amide bonds. The van der Waals surface area contributed by atoms with Crippen LogP contribution in [0.4, 0.5) is 10.5 Å². The second-order valence-corrected chi connectivity index (χ2v) is 5.95. The predicted molar refractivity (Wildman–Crippen MR) is 95.5 cm³/mol. The fraction of sp³-hybridized carbons (Fsp3) is 0.222. The number of carboxylic acids is 1. The van der Waals surface area contributed by atoms with Gasteiger partial charge in [0.1, 0.15) is 0 Å². The highest BCUT2D eigenvalue weighted by atomic mass is 32.2. The molecule has 5 nitrogen and oxygen atoms in total. The predicted octanol–water partition coefficient (Wildman–Crippen LogP) is 4.39. The number of para-hydroxylation sites is 1. The number of amides is 1. The van der Waals surface area contributed by atoms with Crippen LogP contribution in [0.2, 0.25) is 0 Å². The Balaban J connectivity index is 1.88. The second-order valence-electron chi connectivity index (χ2n) is 5.01. The number of aromatic carboxylic acids is 1. The van der Waals surface area contributed by atoms with Crippen molar-refractivity contribution in [3.63, 3.8) is 0 Å². The first-order valence-electron chi connectivity index (χ1n) is 7.51. The molecule has 0 unspecified atom stereocenters. The number of hydrogen-bond acceptors (Lipinski definition) is 4. The molecule has 0 saturated heterocycles. The van der Waals surface area contributed by atoms with Gasteiger partial charge in [0.15, 0.2) is 0 Å². The van der Waals surface area contributed by atoms with E-state index < -0.39 is 5.97 Å². The zero-order valence-corrected chi connectivity index (χ0v) is 14.1. The standard InChI is InChI=1S/C18H19NO4S/c1-2-23-11-13-7-9-14(10-8-13)12-24-18(22)19-16-6-4-3-5-15(16)17(20)21/h3-10H,2,11-12H2,1H3,(H,19,22)(H,20,21). The summed E-state index contributed by atoms with van der Waals surface area (Å²) in [6, 6.07) is 14.2. The topological polar surface area (TPSA) is 75.6 Å². The first kappa shape index (κ1) is 18.0. The number of thioether (sulfide) groups is 1. The number of carbonyl (C=O) groups is 2. The fourth-order valence-electron chi connectivity index (χ4n) is 2.03. The van der Waals surface area contributed by atoms with Crippen LogP contribution >= 0.6 is 11.8 Å². The van der Waals surface area contributed by atoms with Gasteiger partial charge in [-0.05, 0) is 30.2 Å². The zero-order chi connectivity index (χ0) is 17.4. The van der Waals surface area contributed by atoms with Crippen LogP contribution in [0.25, 0.3) is 0 Å². The molecule has 0 radical (unpaired) electrons. The van der Waals surface area contributed by atoms with Gasteiger partial charge in [-0.15, -0.1) is 0 Å². The summed E-state index contributed by atoms with van der Waals surface area (Å²) >= 11 is 1.09. The molecule has 0 aromatic heterocycles. The van der Waals surface area contributed by atoms with E-state index in [4.69, 9.17) is 9.84 Å². The lowest BCUT2D eigenvalue weighted by Crippen LogP contribution is -2.10. The summed E-state index contributed by atoms with van der Waals surface area (Å²) in [6.45, 7) is 3.21. The molecule has 2 aromatic rings. The third kappa shape index (κ3) is 5.40. The van der Waals surface area contributed by atoms with E-state index in [0.717, 1.165) is 22.9 Å². The highest BCUT2D eigenvalue weighted by molar-refractivity contribution is 8.13. The Bertz CT molecular complexity index is 700. The van der Waals surface area contributed by atoms with E-state index in [9.17, 15) is 9.59 Å². The third-order valence-corrected chi connectivity index (χ3v) is 4.10. The highest BCUT2D eigenvalue weighted by Crippen LogP contribution is 2.20. The van der Waals surface area contributed by atoms with E-state index in [1.165, 1.54) is 6.07 Å². The molecule has 2 aromatic carbocycles. The molecule has 0 aliphatic carbocycles. The van der Waals surface area contributed by atoms with Crippen molar-refractivity contribution >= 4 is 28.7 Å². The first-order chi connectivity index (χ1) is 11.6. The van der Waals surface area contributed by atoms with E-state index >= 15 is 0 Å². The van der Waals surface area contributed by atoms with Crippen LogP contribution < -0.4 is 5.32 Å². The summed E-state index contributed by atoms with van der Waals surface area (Å²) in [6.07, 6.45) is 0. The molecule has 0 saturated carbocycles. The van der Waals surface area contributed by atoms with Crippen LogP contribution in [0.5, 0.6) is 0 Å². The zero-order valence-electron chi connectivity index (χ0n) is 13.3. The van der Waals surface area contributed by atoms with Gasteiger partial charge < -0.3 is 15.2 Å². The Labute approximate surface area is 145 Å². The van der Waals surface area contributed by atoms with Gasteiger partial charge in [-0.2, -0.15) is 0 Å². The number of carbonyl (C=O) groups excluding carboxylic acids is 1. The van der Waals surface area contributed by atoms with Crippen molar-refractivity contribution < 1.29 is 19.4 Å². The van der Waals surface area contributed by atoms with Crippen LogP contribution in [-0.4, -0.2) is 22.9 Å². The SMILES string of the molecule is CCOCc1ccc(CSC(=O)Nc2ccccc2C(=O)O)cc1. The number of carboxylic acid groups (broad SMARTS) is 1. The molecule has 2 rings (SSSR count). The van der Waals surface area contributed by atoms with Gasteiger partial charge in [0.2, 0.25) is 0 Å². The average molecular weight is 345 g/mol. The summed E-state index contributed by atoms with van der Waals surface area (Å²) in [5.41, 5.74) is 2.48. The van der Waals surface area contributed by atoms with Crippen LogP contribution in [-0.2, 0) is 17.1 Å². The normalized spacial score (nSPS) is 10.4. The van der Waals surface area contributed by atoms with E-state index in [1.807, 2.05) is 31.2 Å². The Morgan fingerprint density at radius 3 is 2.42 bits per heavy atom. The molecule has 0 heterocycles. The lowest BCUT2D eigenvalue weighted by Gasteiger charge is -2.08. The van der Waals surface area contributed by atoms with Crippen LogP contribution in [0, 0.1) is 0 Å². The molecule has 2 N–H and O–H groups in total. The maximum absolute atomic E-state index is 12.0. The van der Waals surface area contributed by atoms with Crippen molar-refractivity contribution in [2.24, 2.45) is 0 Å². The first-order valence-corrected chi connectivity index (χ1v) is 8.50. The fourth-order valence-corrected chi connectivity index (χ4v) is 2.70. The van der Waals surface area contributed by atoms with Crippen LogP contribution in [0.15, 0.2) is 48.5 Å². The number of nitrogens with one attached hydrogen (secondary N) is 1. The number of ether oxygens (including phenoxy) is 1. The molecule has 0 atom stereocenters. The lowest BCUT2D eigenvalue weighted by atomic mass is 10.2. The van der Waals surface area contributed by atoms with Crippen molar-refractivity contribution in [2.75, 3.05) is 11.9 Å². The molecule has 0 aliphatic heterocycles. The Hall–Kier alpha value is -2.31. The molecule has 0 spiro atoms. The van der Waals surface area contributed by atoms with Gasteiger partial charge in [0, 0.05) is 12.4 Å². The van der Waals surface area contributed by atoms with E-state index in [1.54, 1.807) is 18.2 Å². The van der Waals surface area contributed by atoms with Gasteiger partial charge in [-0.3, -0.25) is 4.79 Å².